The van der Waals surface area contributed by atoms with Crippen LogP contribution in [0.1, 0.15) is 59.3 Å². The highest BCUT2D eigenvalue weighted by molar-refractivity contribution is 5.80. The van der Waals surface area contributed by atoms with E-state index in [1.54, 1.807) is 0 Å². The number of nitrogens with one attached hydrogen (secondary N) is 1. The molecule has 3 unspecified atom stereocenters. The molecular weight excluding hydrogens is 248 g/mol. The highest BCUT2D eigenvalue weighted by Gasteiger charge is 2.40. The highest BCUT2D eigenvalue weighted by atomic mass is 16.2. The minimum Gasteiger partial charge on any atom is -0.342 e. The zero-order valence-electron chi connectivity index (χ0n) is 13.7. The van der Waals surface area contributed by atoms with Gasteiger partial charge in [-0.25, -0.2) is 0 Å². The summed E-state index contributed by atoms with van der Waals surface area (Å²) >= 11 is 0. The molecule has 1 aliphatic heterocycles. The van der Waals surface area contributed by atoms with Crippen LogP contribution in [0.4, 0.5) is 0 Å². The number of nitrogens with zero attached hydrogens (tertiary/aromatic N) is 1. The van der Waals surface area contributed by atoms with Crippen molar-refractivity contribution in [2.45, 2.75) is 65.3 Å². The van der Waals surface area contributed by atoms with E-state index in [1.807, 2.05) is 0 Å². The smallest absolute Gasteiger partial charge is 0.226 e. The maximum Gasteiger partial charge on any atom is 0.226 e. The lowest BCUT2D eigenvalue weighted by Crippen LogP contribution is -2.53. The molecule has 3 heteroatoms. The van der Waals surface area contributed by atoms with Crippen molar-refractivity contribution in [3.63, 3.8) is 0 Å². The molecule has 20 heavy (non-hydrogen) atoms. The molecule has 1 N–H and O–H groups in total. The van der Waals surface area contributed by atoms with Crippen LogP contribution in [-0.2, 0) is 4.79 Å². The third-order valence-corrected chi connectivity index (χ3v) is 5.75. The van der Waals surface area contributed by atoms with Crippen molar-refractivity contribution < 1.29 is 4.79 Å². The van der Waals surface area contributed by atoms with Gasteiger partial charge in [0, 0.05) is 25.0 Å². The van der Waals surface area contributed by atoms with Crippen LogP contribution in [-0.4, -0.2) is 37.0 Å². The zero-order chi connectivity index (χ0) is 14.8. The van der Waals surface area contributed by atoms with Crippen LogP contribution in [0.2, 0.25) is 0 Å². The normalized spacial score (nSPS) is 34.0. The molecule has 0 radical (unpaired) electrons. The number of rotatable bonds is 3. The van der Waals surface area contributed by atoms with Crippen LogP contribution < -0.4 is 5.32 Å². The summed E-state index contributed by atoms with van der Waals surface area (Å²) in [4.78, 5) is 15.1. The van der Waals surface area contributed by atoms with E-state index in [9.17, 15) is 4.79 Å². The molecule has 3 nitrogen and oxygen atoms in total. The van der Waals surface area contributed by atoms with Gasteiger partial charge in [-0.1, -0.05) is 40.0 Å². The molecule has 2 rings (SSSR count). The van der Waals surface area contributed by atoms with Gasteiger partial charge in [-0.15, -0.1) is 0 Å². The topological polar surface area (TPSA) is 32.3 Å². The van der Waals surface area contributed by atoms with Gasteiger partial charge in [0.25, 0.3) is 0 Å². The van der Waals surface area contributed by atoms with E-state index in [0.717, 1.165) is 32.4 Å². The van der Waals surface area contributed by atoms with E-state index in [4.69, 9.17) is 0 Å². The Bertz CT molecular complexity index is 340. The second-order valence-corrected chi connectivity index (χ2v) is 7.42. The standard InChI is InChI=1S/C17H32N2O/c1-5-13-12-19(11-9-15(13)18-4)16(20)14-8-6-7-10-17(14,2)3/h13-15,18H,5-12H2,1-4H3. The van der Waals surface area contributed by atoms with Gasteiger partial charge in [0.15, 0.2) is 0 Å². The largest absolute Gasteiger partial charge is 0.342 e. The van der Waals surface area contributed by atoms with Crippen molar-refractivity contribution in [3.05, 3.63) is 0 Å². The van der Waals surface area contributed by atoms with Crippen LogP contribution in [0.3, 0.4) is 0 Å². The van der Waals surface area contributed by atoms with Crippen molar-refractivity contribution in [2.24, 2.45) is 17.3 Å². The fraction of sp³-hybridized carbons (Fsp3) is 0.941. The summed E-state index contributed by atoms with van der Waals surface area (Å²) in [6.45, 7) is 8.70. The molecule has 1 saturated heterocycles. The van der Waals surface area contributed by atoms with Gasteiger partial charge in [0.2, 0.25) is 5.91 Å². The first-order valence-corrected chi connectivity index (χ1v) is 8.45. The first kappa shape index (κ1) is 15.8. The van der Waals surface area contributed by atoms with Gasteiger partial charge >= 0.3 is 0 Å². The van der Waals surface area contributed by atoms with Gasteiger partial charge in [0.05, 0.1) is 0 Å². The minimum atomic E-state index is 0.191. The van der Waals surface area contributed by atoms with Crippen molar-refractivity contribution in [1.29, 1.82) is 0 Å². The van der Waals surface area contributed by atoms with Crippen molar-refractivity contribution in [3.8, 4) is 0 Å². The lowest BCUT2D eigenvalue weighted by atomic mass is 9.68. The number of hydrogen-bond acceptors (Lipinski definition) is 2. The average Bonchev–Trinajstić information content (AvgIpc) is 2.45. The molecule has 2 aliphatic rings. The Labute approximate surface area is 124 Å². The first-order valence-electron chi connectivity index (χ1n) is 8.45. The Morgan fingerprint density at radius 1 is 1.30 bits per heavy atom. The van der Waals surface area contributed by atoms with Crippen LogP contribution in [0, 0.1) is 17.3 Å². The molecular formula is C17H32N2O. The molecule has 0 aromatic carbocycles. The number of hydrogen-bond donors (Lipinski definition) is 1. The number of amides is 1. The third-order valence-electron chi connectivity index (χ3n) is 5.75. The predicted molar refractivity (Wildman–Crippen MR) is 83.6 cm³/mol. The Hall–Kier alpha value is -0.570. The molecule has 0 bridgehead atoms. The summed E-state index contributed by atoms with van der Waals surface area (Å²) in [5, 5.41) is 3.42. The highest BCUT2D eigenvalue weighted by Crippen LogP contribution is 2.42. The van der Waals surface area contributed by atoms with Gasteiger partial charge in [-0.2, -0.15) is 0 Å². The molecule has 1 amide bonds. The summed E-state index contributed by atoms with van der Waals surface area (Å²) in [6.07, 6.45) is 7.07. The fourth-order valence-corrected chi connectivity index (χ4v) is 4.20. The Kier molecular flexibility index (Phi) is 5.11. The van der Waals surface area contributed by atoms with E-state index in [-0.39, 0.29) is 11.3 Å². The lowest BCUT2D eigenvalue weighted by Gasteiger charge is -2.44. The van der Waals surface area contributed by atoms with E-state index < -0.39 is 0 Å². The molecule has 2 fully saturated rings. The SMILES string of the molecule is CCC1CN(C(=O)C2CCCCC2(C)C)CCC1NC. The third kappa shape index (κ3) is 3.19. The Balaban J connectivity index is 2.02. The fourth-order valence-electron chi connectivity index (χ4n) is 4.20. The number of carbonyl (C=O) groups is 1. The minimum absolute atomic E-state index is 0.191. The average molecular weight is 280 g/mol. The summed E-state index contributed by atoms with van der Waals surface area (Å²) in [7, 11) is 2.05. The Morgan fingerprint density at radius 3 is 2.65 bits per heavy atom. The van der Waals surface area contributed by atoms with E-state index in [2.05, 4.69) is 38.0 Å². The monoisotopic (exact) mass is 280 g/mol. The summed E-state index contributed by atoms with van der Waals surface area (Å²) in [5.41, 5.74) is 0.191. The summed E-state index contributed by atoms with van der Waals surface area (Å²) < 4.78 is 0. The predicted octanol–water partition coefficient (Wildman–Crippen LogP) is 3.05. The van der Waals surface area contributed by atoms with Gasteiger partial charge in [-0.3, -0.25) is 4.79 Å². The van der Waals surface area contributed by atoms with E-state index in [0.29, 0.717) is 17.9 Å². The molecule has 116 valence electrons. The summed E-state index contributed by atoms with van der Waals surface area (Å²) in [6, 6.07) is 0.586. The van der Waals surface area contributed by atoms with Crippen LogP contribution >= 0.6 is 0 Å². The molecule has 0 aromatic rings. The molecule has 0 spiro atoms. The maximum atomic E-state index is 12.9. The molecule has 1 aliphatic carbocycles. The zero-order valence-corrected chi connectivity index (χ0v) is 13.7. The van der Waals surface area contributed by atoms with Crippen molar-refractivity contribution in [2.75, 3.05) is 20.1 Å². The maximum absolute atomic E-state index is 12.9. The first-order chi connectivity index (χ1) is 9.49. The second kappa shape index (κ2) is 6.46. The number of piperidine rings is 1. The van der Waals surface area contributed by atoms with E-state index >= 15 is 0 Å². The molecule has 3 atom stereocenters. The number of carbonyl (C=O) groups excluding carboxylic acids is 1. The van der Waals surface area contributed by atoms with Gasteiger partial charge < -0.3 is 10.2 Å². The summed E-state index contributed by atoms with van der Waals surface area (Å²) in [5.74, 6) is 1.30. The van der Waals surface area contributed by atoms with Crippen molar-refractivity contribution in [1.82, 2.24) is 10.2 Å². The van der Waals surface area contributed by atoms with Gasteiger partial charge in [0.1, 0.15) is 0 Å². The number of likely N-dealkylation sites (tertiary alicyclic amines) is 1. The molecule has 1 heterocycles. The van der Waals surface area contributed by atoms with Gasteiger partial charge in [-0.05, 0) is 37.6 Å². The van der Waals surface area contributed by atoms with Crippen LogP contribution in [0.25, 0.3) is 0 Å². The van der Waals surface area contributed by atoms with Crippen LogP contribution in [0.5, 0.6) is 0 Å². The second-order valence-electron chi connectivity index (χ2n) is 7.42. The molecule has 0 aromatic heterocycles. The van der Waals surface area contributed by atoms with Crippen molar-refractivity contribution >= 4 is 5.91 Å². The molecule has 1 saturated carbocycles. The van der Waals surface area contributed by atoms with E-state index in [1.165, 1.54) is 19.3 Å². The Morgan fingerprint density at radius 2 is 2.05 bits per heavy atom. The van der Waals surface area contributed by atoms with Crippen LogP contribution in [0.15, 0.2) is 0 Å². The quantitative estimate of drug-likeness (QED) is 0.862. The lowest BCUT2D eigenvalue weighted by molar-refractivity contribution is -0.143.